The summed E-state index contributed by atoms with van der Waals surface area (Å²) in [4.78, 5) is 13.2. The topological polar surface area (TPSA) is 65.6 Å². The van der Waals surface area contributed by atoms with Crippen molar-refractivity contribution in [3.05, 3.63) is 0 Å². The lowest BCUT2D eigenvalue weighted by Crippen LogP contribution is -2.58. The van der Waals surface area contributed by atoms with Gasteiger partial charge in [0, 0.05) is 45.8 Å². The molecule has 2 saturated heterocycles. The minimum Gasteiger partial charge on any atom is -0.366 e. The summed E-state index contributed by atoms with van der Waals surface area (Å²) in [5.41, 5.74) is 0. The number of piperazine rings is 1. The Morgan fingerprint density at radius 2 is 1.87 bits per heavy atom. The number of ether oxygens (including phenoxy) is 1. The van der Waals surface area contributed by atoms with E-state index in [2.05, 4.69) is 16.0 Å². The van der Waals surface area contributed by atoms with E-state index in [9.17, 15) is 18.0 Å². The molecule has 138 valence electrons. The van der Waals surface area contributed by atoms with Gasteiger partial charge in [-0.25, -0.2) is 0 Å². The summed E-state index contributed by atoms with van der Waals surface area (Å²) in [7, 11) is 0. The zero-order valence-corrected chi connectivity index (χ0v) is 14.2. The normalized spacial score (nSPS) is 24.0. The molecule has 2 fully saturated rings. The molecule has 11 heteroatoms. The van der Waals surface area contributed by atoms with E-state index in [1.807, 2.05) is 0 Å². The monoisotopic (exact) mass is 382 g/mol. The van der Waals surface area contributed by atoms with E-state index >= 15 is 0 Å². The second-order valence-electron chi connectivity index (χ2n) is 5.15. The van der Waals surface area contributed by atoms with Gasteiger partial charge in [-0.2, -0.15) is 13.2 Å². The third kappa shape index (κ3) is 6.98. The summed E-state index contributed by atoms with van der Waals surface area (Å²) in [5.74, 6) is -0.494. The number of amides is 1. The number of carbonyl (C=O) groups is 1. The van der Waals surface area contributed by atoms with E-state index in [1.54, 1.807) is 0 Å². The van der Waals surface area contributed by atoms with Crippen molar-refractivity contribution in [2.45, 2.75) is 18.3 Å². The fourth-order valence-corrected chi connectivity index (χ4v) is 2.49. The second-order valence-corrected chi connectivity index (χ2v) is 5.15. The molecule has 0 aromatic heterocycles. The van der Waals surface area contributed by atoms with Gasteiger partial charge in [-0.1, -0.05) is 0 Å². The predicted molar refractivity (Wildman–Crippen MR) is 84.4 cm³/mol. The van der Waals surface area contributed by atoms with Crippen molar-refractivity contribution in [2.24, 2.45) is 0 Å². The average Bonchev–Trinajstić information content (AvgIpc) is 2.48. The predicted octanol–water partition coefficient (Wildman–Crippen LogP) is -0.229. The zero-order valence-electron chi connectivity index (χ0n) is 12.5. The van der Waals surface area contributed by atoms with Crippen molar-refractivity contribution in [3.8, 4) is 0 Å². The molecule has 2 aliphatic rings. The lowest BCUT2D eigenvalue weighted by Gasteiger charge is -2.36. The lowest BCUT2D eigenvalue weighted by atomic mass is 10.2. The zero-order chi connectivity index (χ0) is 15.3. The Bertz CT molecular complexity index is 352. The average molecular weight is 383 g/mol. The van der Waals surface area contributed by atoms with Crippen LogP contribution in [0.3, 0.4) is 0 Å². The SMILES string of the molecule is Cl.Cl.O=C(NCC(N1CCNCC1)C(F)(F)F)[C@H]1CNCCO1. The van der Waals surface area contributed by atoms with Crippen molar-refractivity contribution in [2.75, 3.05) is 52.4 Å². The van der Waals surface area contributed by atoms with Gasteiger partial charge in [0.1, 0.15) is 12.1 Å². The van der Waals surface area contributed by atoms with E-state index in [4.69, 9.17) is 4.74 Å². The highest BCUT2D eigenvalue weighted by molar-refractivity contribution is 5.85. The first-order chi connectivity index (χ1) is 9.98. The Morgan fingerprint density at radius 1 is 1.22 bits per heavy atom. The van der Waals surface area contributed by atoms with Crippen molar-refractivity contribution in [3.63, 3.8) is 0 Å². The van der Waals surface area contributed by atoms with E-state index < -0.39 is 30.8 Å². The number of hydrogen-bond acceptors (Lipinski definition) is 5. The van der Waals surface area contributed by atoms with Gasteiger partial charge in [-0.3, -0.25) is 9.69 Å². The number of halogens is 5. The van der Waals surface area contributed by atoms with Gasteiger partial charge < -0.3 is 20.7 Å². The van der Waals surface area contributed by atoms with Crippen LogP contribution in [-0.4, -0.2) is 81.5 Å². The molecule has 0 aliphatic carbocycles. The molecule has 0 spiro atoms. The van der Waals surface area contributed by atoms with Crippen LogP contribution >= 0.6 is 24.8 Å². The number of rotatable bonds is 4. The molecule has 23 heavy (non-hydrogen) atoms. The van der Waals surface area contributed by atoms with Crippen LogP contribution in [0.1, 0.15) is 0 Å². The van der Waals surface area contributed by atoms with Crippen LogP contribution in [0.25, 0.3) is 0 Å². The first-order valence-corrected chi connectivity index (χ1v) is 7.10. The lowest BCUT2D eigenvalue weighted by molar-refractivity contribution is -0.184. The summed E-state index contributed by atoms with van der Waals surface area (Å²) >= 11 is 0. The van der Waals surface area contributed by atoms with Crippen molar-refractivity contribution < 1.29 is 22.7 Å². The maximum absolute atomic E-state index is 13.1. The van der Waals surface area contributed by atoms with E-state index in [1.165, 1.54) is 4.90 Å². The summed E-state index contributed by atoms with van der Waals surface area (Å²) in [6, 6.07) is -1.65. The number of nitrogens with one attached hydrogen (secondary N) is 3. The summed E-state index contributed by atoms with van der Waals surface area (Å²) in [6.45, 7) is 2.61. The van der Waals surface area contributed by atoms with Crippen LogP contribution < -0.4 is 16.0 Å². The molecule has 2 aliphatic heterocycles. The molecular formula is C12H23Cl2F3N4O2. The van der Waals surface area contributed by atoms with Gasteiger partial charge >= 0.3 is 6.18 Å². The fourth-order valence-electron chi connectivity index (χ4n) is 2.49. The molecule has 2 rings (SSSR count). The molecule has 2 heterocycles. The number of hydrogen-bond donors (Lipinski definition) is 3. The molecule has 2 atom stereocenters. The summed E-state index contributed by atoms with van der Waals surface area (Å²) in [6.07, 6.45) is -5.08. The standard InChI is InChI=1S/C12H21F3N4O2.2ClH/c13-12(14,15)10(19-4-1-16-2-5-19)8-18-11(20)9-7-17-3-6-21-9;;/h9-10,16-17H,1-8H2,(H,18,20);2*1H/t9-,10?;;/m1../s1. The molecule has 0 aromatic rings. The minimum absolute atomic E-state index is 0. The van der Waals surface area contributed by atoms with Crippen LogP contribution in [0.4, 0.5) is 13.2 Å². The number of carbonyl (C=O) groups excluding carboxylic acids is 1. The largest absolute Gasteiger partial charge is 0.405 e. The third-order valence-electron chi connectivity index (χ3n) is 3.66. The Labute approximate surface area is 145 Å². The Morgan fingerprint density at radius 3 is 2.39 bits per heavy atom. The first kappa shape index (κ1) is 22.7. The number of alkyl halides is 3. The molecule has 3 N–H and O–H groups in total. The maximum Gasteiger partial charge on any atom is 0.405 e. The van der Waals surface area contributed by atoms with Gasteiger partial charge in [0.15, 0.2) is 0 Å². The van der Waals surface area contributed by atoms with Gasteiger partial charge in [-0.05, 0) is 0 Å². The molecule has 0 aromatic carbocycles. The smallest absolute Gasteiger partial charge is 0.366 e. The first-order valence-electron chi connectivity index (χ1n) is 7.10. The molecule has 0 saturated carbocycles. The van der Waals surface area contributed by atoms with Gasteiger partial charge in [0.25, 0.3) is 5.91 Å². The van der Waals surface area contributed by atoms with Crippen LogP contribution in [0.15, 0.2) is 0 Å². The molecule has 0 bridgehead atoms. The van der Waals surface area contributed by atoms with Crippen molar-refractivity contribution in [1.29, 1.82) is 0 Å². The molecule has 1 amide bonds. The molecule has 6 nitrogen and oxygen atoms in total. The highest BCUT2D eigenvalue weighted by atomic mass is 35.5. The maximum atomic E-state index is 13.1. The molecular weight excluding hydrogens is 360 g/mol. The third-order valence-corrected chi connectivity index (χ3v) is 3.66. The number of nitrogens with zero attached hydrogens (tertiary/aromatic N) is 1. The van der Waals surface area contributed by atoms with Crippen molar-refractivity contribution in [1.82, 2.24) is 20.9 Å². The van der Waals surface area contributed by atoms with Crippen LogP contribution in [-0.2, 0) is 9.53 Å². The highest BCUT2D eigenvalue weighted by Gasteiger charge is 2.44. The quantitative estimate of drug-likeness (QED) is 0.626. The Kier molecular flexibility index (Phi) is 10.4. The highest BCUT2D eigenvalue weighted by Crippen LogP contribution is 2.24. The van der Waals surface area contributed by atoms with Crippen LogP contribution in [0.5, 0.6) is 0 Å². The second kappa shape index (κ2) is 10.5. The Balaban J connectivity index is 0.00000242. The van der Waals surface area contributed by atoms with E-state index in [-0.39, 0.29) is 24.8 Å². The molecule has 0 radical (unpaired) electrons. The minimum atomic E-state index is -4.36. The van der Waals surface area contributed by atoms with E-state index in [0.29, 0.717) is 45.9 Å². The molecule has 1 unspecified atom stereocenters. The van der Waals surface area contributed by atoms with E-state index in [0.717, 1.165) is 0 Å². The fraction of sp³-hybridized carbons (Fsp3) is 0.917. The Hall–Kier alpha value is -0.320. The summed E-state index contributed by atoms with van der Waals surface area (Å²) < 4.78 is 44.6. The van der Waals surface area contributed by atoms with Gasteiger partial charge in [0.2, 0.25) is 0 Å². The summed E-state index contributed by atoms with van der Waals surface area (Å²) in [5, 5.41) is 8.35. The number of morpholine rings is 1. The van der Waals surface area contributed by atoms with Crippen LogP contribution in [0, 0.1) is 0 Å². The van der Waals surface area contributed by atoms with Crippen LogP contribution in [0.2, 0.25) is 0 Å². The van der Waals surface area contributed by atoms with Gasteiger partial charge in [-0.15, -0.1) is 24.8 Å². The van der Waals surface area contributed by atoms with Gasteiger partial charge in [0.05, 0.1) is 6.61 Å². The van der Waals surface area contributed by atoms with Crippen molar-refractivity contribution >= 4 is 30.7 Å².